The second kappa shape index (κ2) is 2.85. The maximum absolute atomic E-state index is 10.8. The van der Waals surface area contributed by atoms with Crippen LogP contribution in [0, 0.1) is 5.92 Å². The predicted octanol–water partition coefficient (Wildman–Crippen LogP) is 1.35. The number of hydrogen-bond acceptors (Lipinski definition) is 2. The molecular formula is C7H12O2. The van der Waals surface area contributed by atoms with Gasteiger partial charge in [-0.3, -0.25) is 4.79 Å². The molecule has 0 aromatic heterocycles. The first-order chi connectivity index (χ1) is 4.30. The Bertz CT molecular complexity index is 109. The van der Waals surface area contributed by atoms with E-state index in [1.807, 2.05) is 6.92 Å². The van der Waals surface area contributed by atoms with Crippen molar-refractivity contribution in [2.75, 3.05) is 6.61 Å². The van der Waals surface area contributed by atoms with Gasteiger partial charge in [-0.15, -0.1) is 0 Å². The average molecular weight is 128 g/mol. The Morgan fingerprint density at radius 2 is 2.33 bits per heavy atom. The topological polar surface area (TPSA) is 26.3 Å². The quantitative estimate of drug-likeness (QED) is 0.460. The number of rotatable bonds is 0. The highest BCUT2D eigenvalue weighted by Crippen LogP contribution is 2.13. The first-order valence-corrected chi connectivity index (χ1v) is 3.47. The van der Waals surface area contributed by atoms with Crippen molar-refractivity contribution in [1.82, 2.24) is 0 Å². The minimum absolute atomic E-state index is 0.0208. The summed E-state index contributed by atoms with van der Waals surface area (Å²) in [6, 6.07) is 0. The van der Waals surface area contributed by atoms with Gasteiger partial charge in [0.25, 0.3) is 0 Å². The van der Waals surface area contributed by atoms with Crippen LogP contribution in [-0.4, -0.2) is 12.6 Å². The van der Waals surface area contributed by atoms with Crippen molar-refractivity contribution in [3.63, 3.8) is 0 Å². The molecule has 1 fully saturated rings. The highest BCUT2D eigenvalue weighted by molar-refractivity contribution is 5.72. The minimum atomic E-state index is -0.0208. The minimum Gasteiger partial charge on any atom is -0.465 e. The summed E-state index contributed by atoms with van der Waals surface area (Å²) in [5.41, 5.74) is 0. The van der Waals surface area contributed by atoms with Crippen LogP contribution in [0.4, 0.5) is 0 Å². The van der Waals surface area contributed by atoms with Crippen LogP contribution in [0.3, 0.4) is 0 Å². The zero-order valence-corrected chi connectivity index (χ0v) is 5.72. The fourth-order valence-electron chi connectivity index (χ4n) is 0.985. The van der Waals surface area contributed by atoms with Gasteiger partial charge in [-0.1, -0.05) is 6.92 Å². The summed E-state index contributed by atoms with van der Waals surface area (Å²) in [4.78, 5) is 10.8. The maximum atomic E-state index is 10.8. The van der Waals surface area contributed by atoms with Gasteiger partial charge in [-0.25, -0.2) is 0 Å². The van der Waals surface area contributed by atoms with E-state index in [-0.39, 0.29) is 11.9 Å². The Balaban J connectivity index is 2.41. The summed E-state index contributed by atoms with van der Waals surface area (Å²) in [5.74, 6) is 0.111. The Labute approximate surface area is 55.2 Å². The molecule has 2 heteroatoms. The molecule has 0 saturated carbocycles. The van der Waals surface area contributed by atoms with Gasteiger partial charge in [0.2, 0.25) is 0 Å². The van der Waals surface area contributed by atoms with Crippen molar-refractivity contribution in [2.24, 2.45) is 5.92 Å². The van der Waals surface area contributed by atoms with Crippen molar-refractivity contribution in [1.29, 1.82) is 0 Å². The van der Waals surface area contributed by atoms with E-state index in [9.17, 15) is 4.79 Å². The van der Waals surface area contributed by atoms with Crippen LogP contribution >= 0.6 is 0 Å². The van der Waals surface area contributed by atoms with E-state index in [4.69, 9.17) is 4.74 Å². The van der Waals surface area contributed by atoms with Gasteiger partial charge in [0.15, 0.2) is 0 Å². The Morgan fingerprint density at radius 1 is 1.56 bits per heavy atom. The highest BCUT2D eigenvalue weighted by Gasteiger charge is 2.16. The molecule has 1 saturated heterocycles. The molecule has 1 aliphatic rings. The Hall–Kier alpha value is -0.530. The van der Waals surface area contributed by atoms with Crippen LogP contribution in [0.1, 0.15) is 26.2 Å². The van der Waals surface area contributed by atoms with Gasteiger partial charge < -0.3 is 4.74 Å². The molecule has 0 aromatic rings. The first kappa shape index (κ1) is 6.59. The molecule has 1 aliphatic heterocycles. The third kappa shape index (κ3) is 1.70. The van der Waals surface area contributed by atoms with E-state index in [2.05, 4.69) is 0 Å². The van der Waals surface area contributed by atoms with E-state index in [1.54, 1.807) is 0 Å². The summed E-state index contributed by atoms with van der Waals surface area (Å²) in [6.45, 7) is 2.55. The molecule has 0 unspecified atom stereocenters. The number of carbonyl (C=O) groups excluding carboxylic acids is 1. The highest BCUT2D eigenvalue weighted by atomic mass is 16.5. The van der Waals surface area contributed by atoms with E-state index >= 15 is 0 Å². The molecule has 0 aliphatic carbocycles. The molecule has 0 amide bonds. The van der Waals surface area contributed by atoms with Gasteiger partial charge in [0.1, 0.15) is 0 Å². The Kier molecular flexibility index (Phi) is 2.09. The van der Waals surface area contributed by atoms with Crippen LogP contribution in [0.2, 0.25) is 0 Å². The zero-order chi connectivity index (χ0) is 6.69. The van der Waals surface area contributed by atoms with E-state index < -0.39 is 0 Å². The van der Waals surface area contributed by atoms with Crippen molar-refractivity contribution >= 4 is 5.97 Å². The summed E-state index contributed by atoms with van der Waals surface area (Å²) in [7, 11) is 0. The fourth-order valence-corrected chi connectivity index (χ4v) is 0.985. The first-order valence-electron chi connectivity index (χ1n) is 3.47. The van der Waals surface area contributed by atoms with Gasteiger partial charge >= 0.3 is 5.97 Å². The molecular weight excluding hydrogens is 116 g/mol. The number of cyclic esters (lactones) is 1. The van der Waals surface area contributed by atoms with Crippen LogP contribution < -0.4 is 0 Å². The fraction of sp³-hybridized carbons (Fsp3) is 0.857. The third-order valence-electron chi connectivity index (χ3n) is 1.68. The average Bonchev–Trinajstić information content (AvgIpc) is 1.99. The largest absolute Gasteiger partial charge is 0.465 e. The monoisotopic (exact) mass is 128 g/mol. The number of hydrogen-bond donors (Lipinski definition) is 0. The van der Waals surface area contributed by atoms with Crippen molar-refractivity contribution in [2.45, 2.75) is 26.2 Å². The van der Waals surface area contributed by atoms with E-state index in [0.29, 0.717) is 6.61 Å². The van der Waals surface area contributed by atoms with Crippen LogP contribution in [-0.2, 0) is 9.53 Å². The van der Waals surface area contributed by atoms with Gasteiger partial charge in [-0.05, 0) is 19.3 Å². The molecule has 0 aromatic carbocycles. The number of esters is 1. The lowest BCUT2D eigenvalue weighted by molar-refractivity contribution is -0.146. The molecule has 52 valence electrons. The van der Waals surface area contributed by atoms with Crippen molar-refractivity contribution in [3.8, 4) is 0 Å². The summed E-state index contributed by atoms with van der Waals surface area (Å²) in [6.07, 6.45) is 3.17. The van der Waals surface area contributed by atoms with Crippen LogP contribution in [0.25, 0.3) is 0 Å². The molecule has 1 heterocycles. The SMILES string of the molecule is C[C@@H]1CCCCOC1=O. The standard InChI is InChI=1S/C7H12O2/c1-6-4-2-3-5-9-7(6)8/h6H,2-5H2,1H3/t6-/m1/s1. The van der Waals surface area contributed by atoms with Gasteiger partial charge in [0.05, 0.1) is 12.5 Å². The lowest BCUT2D eigenvalue weighted by Gasteiger charge is -2.02. The number of ether oxygens (including phenoxy) is 1. The molecule has 2 nitrogen and oxygen atoms in total. The zero-order valence-electron chi connectivity index (χ0n) is 5.72. The lowest BCUT2D eigenvalue weighted by Crippen LogP contribution is -2.11. The van der Waals surface area contributed by atoms with Crippen LogP contribution in [0.15, 0.2) is 0 Å². The maximum Gasteiger partial charge on any atom is 0.308 e. The van der Waals surface area contributed by atoms with Gasteiger partial charge in [-0.2, -0.15) is 0 Å². The van der Waals surface area contributed by atoms with E-state index in [1.165, 1.54) is 0 Å². The van der Waals surface area contributed by atoms with Gasteiger partial charge in [0, 0.05) is 0 Å². The normalized spacial score (nSPS) is 29.0. The van der Waals surface area contributed by atoms with Crippen molar-refractivity contribution in [3.05, 3.63) is 0 Å². The second-order valence-corrected chi connectivity index (χ2v) is 2.56. The van der Waals surface area contributed by atoms with E-state index in [0.717, 1.165) is 19.3 Å². The second-order valence-electron chi connectivity index (χ2n) is 2.56. The molecule has 0 spiro atoms. The molecule has 1 atom stereocenters. The van der Waals surface area contributed by atoms with Crippen LogP contribution in [0.5, 0.6) is 0 Å². The summed E-state index contributed by atoms with van der Waals surface area (Å²) in [5, 5.41) is 0. The molecule has 0 N–H and O–H groups in total. The molecule has 1 rings (SSSR count). The molecule has 9 heavy (non-hydrogen) atoms. The third-order valence-corrected chi connectivity index (χ3v) is 1.68. The summed E-state index contributed by atoms with van der Waals surface area (Å²) >= 11 is 0. The smallest absolute Gasteiger partial charge is 0.308 e. The summed E-state index contributed by atoms with van der Waals surface area (Å²) < 4.78 is 4.88. The van der Waals surface area contributed by atoms with Crippen molar-refractivity contribution < 1.29 is 9.53 Å². The predicted molar refractivity (Wildman–Crippen MR) is 34.0 cm³/mol. The molecule has 0 radical (unpaired) electrons. The molecule has 0 bridgehead atoms. The lowest BCUT2D eigenvalue weighted by atomic mass is 10.1. The number of carbonyl (C=O) groups is 1. The Morgan fingerprint density at radius 3 is 3.11 bits per heavy atom.